The summed E-state index contributed by atoms with van der Waals surface area (Å²) in [7, 11) is 0. The standard InChI is InChI=1S/C19H23NO10/c1-17(2)27-13-9-25-19(15(14(13)28-17)29-18(3,4)30-19)10-24-16(21)26-12-7-5-11(6-8-12)20(22)23/h5-8,13-15H,9-10H2,1-4H3/t13-,14-,15+,19+/m1/s1. The Labute approximate surface area is 172 Å². The normalized spacial score (nSPS) is 33.4. The average Bonchev–Trinajstić information content (AvgIpc) is 3.12. The maximum Gasteiger partial charge on any atom is 0.514 e. The summed E-state index contributed by atoms with van der Waals surface area (Å²) in [6.45, 7) is 6.91. The summed E-state index contributed by atoms with van der Waals surface area (Å²) >= 11 is 0. The predicted octanol–water partition coefficient (Wildman–Crippen LogP) is 2.51. The van der Waals surface area contributed by atoms with Crippen LogP contribution in [-0.2, 0) is 28.4 Å². The van der Waals surface area contributed by atoms with Crippen molar-refractivity contribution in [2.45, 2.75) is 63.4 Å². The number of fused-ring (bicyclic) bond motifs is 3. The van der Waals surface area contributed by atoms with Gasteiger partial charge in [0.2, 0.25) is 5.79 Å². The number of hydrogen-bond donors (Lipinski definition) is 0. The summed E-state index contributed by atoms with van der Waals surface area (Å²) in [4.78, 5) is 22.3. The third-order valence-electron chi connectivity index (χ3n) is 4.91. The quantitative estimate of drug-likeness (QED) is 0.307. The van der Waals surface area contributed by atoms with Gasteiger partial charge in [-0.1, -0.05) is 0 Å². The van der Waals surface area contributed by atoms with Gasteiger partial charge in [-0.05, 0) is 39.8 Å². The van der Waals surface area contributed by atoms with E-state index in [0.717, 1.165) is 0 Å². The lowest BCUT2D eigenvalue weighted by Gasteiger charge is -2.39. The van der Waals surface area contributed by atoms with Gasteiger partial charge in [0.25, 0.3) is 5.69 Å². The van der Waals surface area contributed by atoms with E-state index in [4.69, 9.17) is 33.2 Å². The Morgan fingerprint density at radius 3 is 2.50 bits per heavy atom. The molecule has 0 bridgehead atoms. The Kier molecular flexibility index (Phi) is 4.98. The molecular weight excluding hydrogens is 402 g/mol. The molecular formula is C19H23NO10. The van der Waals surface area contributed by atoms with Crippen LogP contribution in [-0.4, -0.2) is 60.0 Å². The van der Waals surface area contributed by atoms with Crippen LogP contribution in [0.15, 0.2) is 24.3 Å². The van der Waals surface area contributed by atoms with Crippen molar-refractivity contribution in [1.82, 2.24) is 0 Å². The van der Waals surface area contributed by atoms with Gasteiger partial charge in [-0.3, -0.25) is 10.1 Å². The number of rotatable bonds is 4. The lowest BCUT2D eigenvalue weighted by atomic mass is 9.97. The van der Waals surface area contributed by atoms with Crippen LogP contribution < -0.4 is 4.74 Å². The van der Waals surface area contributed by atoms with Gasteiger partial charge in [-0.15, -0.1) is 0 Å². The third kappa shape index (κ3) is 3.98. The molecule has 3 aliphatic heterocycles. The molecule has 11 nitrogen and oxygen atoms in total. The second kappa shape index (κ2) is 7.13. The summed E-state index contributed by atoms with van der Waals surface area (Å²) in [5.74, 6) is -3.09. The molecule has 0 N–H and O–H groups in total. The molecule has 30 heavy (non-hydrogen) atoms. The molecule has 164 valence electrons. The smallest absolute Gasteiger partial charge is 0.428 e. The van der Waals surface area contributed by atoms with Crippen LogP contribution in [0.3, 0.4) is 0 Å². The molecule has 1 aromatic carbocycles. The van der Waals surface area contributed by atoms with E-state index < -0.39 is 40.6 Å². The van der Waals surface area contributed by atoms with E-state index in [2.05, 4.69) is 0 Å². The average molecular weight is 425 g/mol. The molecule has 4 rings (SSSR count). The first-order valence-electron chi connectivity index (χ1n) is 9.45. The van der Waals surface area contributed by atoms with Gasteiger partial charge in [0, 0.05) is 12.1 Å². The van der Waals surface area contributed by atoms with Gasteiger partial charge in [0.15, 0.2) is 18.2 Å². The topological polar surface area (TPSA) is 125 Å². The fraction of sp³-hybridized carbons (Fsp3) is 0.632. The van der Waals surface area contributed by atoms with Gasteiger partial charge in [-0.25, -0.2) is 4.79 Å². The molecule has 0 amide bonds. The number of hydrogen-bond acceptors (Lipinski definition) is 10. The molecule has 0 aromatic heterocycles. The Bertz CT molecular complexity index is 838. The number of benzene rings is 1. The van der Waals surface area contributed by atoms with Crippen molar-refractivity contribution in [3.05, 3.63) is 34.4 Å². The fourth-order valence-corrected chi connectivity index (χ4v) is 3.87. The summed E-state index contributed by atoms with van der Waals surface area (Å²) in [5.41, 5.74) is -0.122. The minimum absolute atomic E-state index is 0.0995. The molecule has 3 fully saturated rings. The number of non-ortho nitro benzene ring substituents is 1. The van der Waals surface area contributed by atoms with Crippen molar-refractivity contribution >= 4 is 11.8 Å². The summed E-state index contributed by atoms with van der Waals surface area (Å²) in [6.07, 6.45) is -2.52. The number of ether oxygens (including phenoxy) is 7. The van der Waals surface area contributed by atoms with Crippen LogP contribution in [0.1, 0.15) is 27.7 Å². The van der Waals surface area contributed by atoms with E-state index in [1.807, 2.05) is 0 Å². The molecule has 0 spiro atoms. The van der Waals surface area contributed by atoms with Crippen molar-refractivity contribution in [2.24, 2.45) is 0 Å². The minimum Gasteiger partial charge on any atom is -0.428 e. The van der Waals surface area contributed by atoms with Gasteiger partial charge >= 0.3 is 6.16 Å². The molecule has 0 saturated carbocycles. The maximum absolute atomic E-state index is 12.2. The van der Waals surface area contributed by atoms with Crippen LogP contribution in [0.4, 0.5) is 10.5 Å². The molecule has 3 aliphatic rings. The molecule has 0 unspecified atom stereocenters. The number of carbonyl (C=O) groups excluding carboxylic acids is 1. The van der Waals surface area contributed by atoms with E-state index >= 15 is 0 Å². The van der Waals surface area contributed by atoms with Gasteiger partial charge in [0.1, 0.15) is 24.1 Å². The Morgan fingerprint density at radius 2 is 1.83 bits per heavy atom. The number of carbonyl (C=O) groups is 1. The highest BCUT2D eigenvalue weighted by molar-refractivity contribution is 5.64. The SMILES string of the molecule is CC1(C)O[C@@H]2[C@@H](CO[C@@]3(COC(=O)Oc4ccc([N+](=O)[O-])cc4)OC(C)(C)O[C@@H]23)O1. The highest BCUT2D eigenvalue weighted by Crippen LogP contribution is 2.47. The van der Waals surface area contributed by atoms with Crippen LogP contribution in [0.25, 0.3) is 0 Å². The number of nitrogens with zero attached hydrogens (tertiary/aromatic N) is 1. The summed E-state index contributed by atoms with van der Waals surface area (Å²) in [6, 6.07) is 5.03. The Balaban J connectivity index is 1.43. The molecule has 11 heteroatoms. The minimum atomic E-state index is -1.39. The van der Waals surface area contributed by atoms with E-state index in [1.54, 1.807) is 27.7 Å². The zero-order valence-electron chi connectivity index (χ0n) is 17.0. The van der Waals surface area contributed by atoms with Gasteiger partial charge in [-0.2, -0.15) is 0 Å². The monoisotopic (exact) mass is 425 g/mol. The van der Waals surface area contributed by atoms with E-state index in [9.17, 15) is 14.9 Å². The van der Waals surface area contributed by atoms with Crippen molar-refractivity contribution in [2.75, 3.05) is 13.2 Å². The van der Waals surface area contributed by atoms with Crippen molar-refractivity contribution in [3.63, 3.8) is 0 Å². The molecule has 4 atom stereocenters. The van der Waals surface area contributed by atoms with E-state index in [-0.39, 0.29) is 30.8 Å². The van der Waals surface area contributed by atoms with Crippen LogP contribution >= 0.6 is 0 Å². The first kappa shape index (κ1) is 20.9. The van der Waals surface area contributed by atoms with Crippen LogP contribution in [0.2, 0.25) is 0 Å². The highest BCUT2D eigenvalue weighted by atomic mass is 16.9. The van der Waals surface area contributed by atoms with Crippen LogP contribution in [0, 0.1) is 10.1 Å². The summed E-state index contributed by atoms with van der Waals surface area (Å²) in [5, 5.41) is 10.7. The molecule has 1 aromatic rings. The predicted molar refractivity (Wildman–Crippen MR) is 97.6 cm³/mol. The summed E-state index contributed by atoms with van der Waals surface area (Å²) < 4.78 is 40.0. The second-order valence-electron chi connectivity index (χ2n) is 8.19. The van der Waals surface area contributed by atoms with Gasteiger partial charge in [0.05, 0.1) is 11.5 Å². The van der Waals surface area contributed by atoms with Gasteiger partial charge < -0.3 is 33.2 Å². The van der Waals surface area contributed by atoms with Crippen molar-refractivity contribution in [1.29, 1.82) is 0 Å². The lowest BCUT2D eigenvalue weighted by Crippen LogP contribution is -2.60. The molecule has 0 radical (unpaired) electrons. The first-order valence-corrected chi connectivity index (χ1v) is 9.45. The van der Waals surface area contributed by atoms with E-state index in [1.165, 1.54) is 24.3 Å². The zero-order chi connectivity index (χ0) is 21.7. The van der Waals surface area contributed by atoms with Crippen LogP contribution in [0.5, 0.6) is 5.75 Å². The number of nitro groups is 1. The first-order chi connectivity index (χ1) is 14.0. The molecule has 3 saturated heterocycles. The molecule has 0 aliphatic carbocycles. The van der Waals surface area contributed by atoms with Crippen molar-refractivity contribution in [3.8, 4) is 5.75 Å². The maximum atomic E-state index is 12.2. The third-order valence-corrected chi connectivity index (χ3v) is 4.91. The highest BCUT2D eigenvalue weighted by Gasteiger charge is 2.66. The fourth-order valence-electron chi connectivity index (χ4n) is 3.87. The Hall–Kier alpha value is -2.31. The Morgan fingerprint density at radius 1 is 1.13 bits per heavy atom. The molecule has 3 heterocycles. The largest absolute Gasteiger partial charge is 0.514 e. The van der Waals surface area contributed by atoms with E-state index in [0.29, 0.717) is 0 Å². The lowest BCUT2D eigenvalue weighted by molar-refractivity contribution is -0.384. The second-order valence-corrected chi connectivity index (χ2v) is 8.19. The zero-order valence-corrected chi connectivity index (χ0v) is 17.0. The number of nitro benzene ring substituents is 1. The van der Waals surface area contributed by atoms with Crippen molar-refractivity contribution < 1.29 is 42.9 Å².